The molecule has 1 heterocycles. The lowest BCUT2D eigenvalue weighted by Crippen LogP contribution is -2.36. The van der Waals surface area contributed by atoms with E-state index in [0.717, 1.165) is 19.5 Å². The van der Waals surface area contributed by atoms with Crippen LogP contribution in [0.5, 0.6) is 0 Å². The van der Waals surface area contributed by atoms with Crippen LogP contribution in [0.1, 0.15) is 16.8 Å². The maximum absolute atomic E-state index is 12.0. The Morgan fingerprint density at radius 3 is 2.53 bits per heavy atom. The summed E-state index contributed by atoms with van der Waals surface area (Å²) >= 11 is 0. The molecule has 1 saturated heterocycles. The van der Waals surface area contributed by atoms with Crippen molar-refractivity contribution < 1.29 is 4.79 Å². The van der Waals surface area contributed by atoms with Gasteiger partial charge in [-0.15, -0.1) is 0 Å². The summed E-state index contributed by atoms with van der Waals surface area (Å²) in [6, 6.07) is 5.14. The minimum atomic E-state index is -0.107. The molecule has 0 aromatic heterocycles. The number of nitrogens with one attached hydrogen (secondary N) is 1. The maximum atomic E-state index is 12.0. The van der Waals surface area contributed by atoms with Gasteiger partial charge in [0.25, 0.3) is 5.91 Å². The molecule has 1 aromatic carbocycles. The summed E-state index contributed by atoms with van der Waals surface area (Å²) in [4.78, 5) is 14.2. The number of anilines is 2. The first-order chi connectivity index (χ1) is 8.04. The molecule has 1 atom stereocenters. The Labute approximate surface area is 101 Å². The number of benzene rings is 1. The van der Waals surface area contributed by atoms with Gasteiger partial charge in [-0.3, -0.25) is 4.79 Å². The van der Waals surface area contributed by atoms with E-state index < -0.39 is 0 Å². The minimum absolute atomic E-state index is 0.107. The summed E-state index contributed by atoms with van der Waals surface area (Å²) in [6.07, 6.45) is 0.986. The van der Waals surface area contributed by atoms with Gasteiger partial charge in [-0.1, -0.05) is 0 Å². The van der Waals surface area contributed by atoms with Gasteiger partial charge in [0.05, 0.1) is 0 Å². The Balaban J connectivity index is 2.04. The second kappa shape index (κ2) is 4.63. The van der Waals surface area contributed by atoms with Gasteiger partial charge in [0.2, 0.25) is 0 Å². The molecule has 1 unspecified atom stereocenters. The van der Waals surface area contributed by atoms with Crippen LogP contribution >= 0.6 is 0 Å². The van der Waals surface area contributed by atoms with Crippen LogP contribution in [0.15, 0.2) is 18.2 Å². The Morgan fingerprint density at radius 1 is 1.35 bits per heavy atom. The summed E-state index contributed by atoms with van der Waals surface area (Å²) in [5.41, 5.74) is 12.9. The van der Waals surface area contributed by atoms with E-state index >= 15 is 0 Å². The van der Waals surface area contributed by atoms with Gasteiger partial charge >= 0.3 is 0 Å². The lowest BCUT2D eigenvalue weighted by Gasteiger charge is -2.13. The van der Waals surface area contributed by atoms with Gasteiger partial charge in [0, 0.05) is 29.5 Å². The molecule has 1 aliphatic heterocycles. The van der Waals surface area contributed by atoms with Crippen LogP contribution in [0.3, 0.4) is 0 Å². The van der Waals surface area contributed by atoms with Crippen molar-refractivity contribution in [1.82, 2.24) is 10.2 Å². The molecule has 1 aromatic rings. The number of carbonyl (C=O) groups excluding carboxylic acids is 1. The van der Waals surface area contributed by atoms with Gasteiger partial charge in [0.1, 0.15) is 0 Å². The first kappa shape index (κ1) is 11.7. The highest BCUT2D eigenvalue weighted by molar-refractivity contribution is 5.96. The van der Waals surface area contributed by atoms with E-state index in [1.165, 1.54) is 0 Å². The van der Waals surface area contributed by atoms with Gasteiger partial charge < -0.3 is 21.7 Å². The van der Waals surface area contributed by atoms with E-state index in [-0.39, 0.29) is 11.9 Å². The number of hydrogen-bond acceptors (Lipinski definition) is 4. The number of likely N-dealkylation sites (tertiary alicyclic amines) is 1. The van der Waals surface area contributed by atoms with Crippen molar-refractivity contribution in [2.45, 2.75) is 12.5 Å². The number of nitrogens with two attached hydrogens (primary N) is 2. The SMILES string of the molecule is CN1CCC(NC(=O)c2cc(N)cc(N)c2)C1. The van der Waals surface area contributed by atoms with Gasteiger partial charge in [-0.05, 0) is 38.2 Å². The quantitative estimate of drug-likeness (QED) is 0.642. The second-order valence-corrected chi connectivity index (χ2v) is 4.61. The molecular weight excluding hydrogens is 216 g/mol. The van der Waals surface area contributed by atoms with E-state index in [1.54, 1.807) is 18.2 Å². The molecule has 1 fully saturated rings. The van der Waals surface area contributed by atoms with Crippen molar-refractivity contribution >= 4 is 17.3 Å². The van der Waals surface area contributed by atoms with Crippen LogP contribution in [0.4, 0.5) is 11.4 Å². The number of rotatable bonds is 2. The van der Waals surface area contributed by atoms with E-state index in [1.807, 2.05) is 7.05 Å². The van der Waals surface area contributed by atoms with Crippen molar-refractivity contribution in [3.05, 3.63) is 23.8 Å². The molecule has 17 heavy (non-hydrogen) atoms. The number of hydrogen-bond donors (Lipinski definition) is 3. The molecule has 1 amide bonds. The highest BCUT2D eigenvalue weighted by Crippen LogP contribution is 2.14. The third-order valence-corrected chi connectivity index (χ3v) is 2.97. The smallest absolute Gasteiger partial charge is 0.251 e. The summed E-state index contributed by atoms with van der Waals surface area (Å²) in [5, 5.41) is 2.99. The Kier molecular flexibility index (Phi) is 3.19. The number of carbonyl (C=O) groups is 1. The van der Waals surface area contributed by atoms with Gasteiger partial charge in [-0.2, -0.15) is 0 Å². The summed E-state index contributed by atoms with van der Waals surface area (Å²) in [5.74, 6) is -0.107. The first-order valence-corrected chi connectivity index (χ1v) is 5.70. The minimum Gasteiger partial charge on any atom is -0.399 e. The molecule has 0 radical (unpaired) electrons. The first-order valence-electron chi connectivity index (χ1n) is 5.70. The van der Waals surface area contributed by atoms with Crippen LogP contribution < -0.4 is 16.8 Å². The summed E-state index contributed by atoms with van der Waals surface area (Å²) < 4.78 is 0. The van der Waals surface area contributed by atoms with E-state index in [4.69, 9.17) is 11.5 Å². The van der Waals surface area contributed by atoms with Crippen LogP contribution in [-0.2, 0) is 0 Å². The van der Waals surface area contributed by atoms with Gasteiger partial charge in [-0.25, -0.2) is 0 Å². The van der Waals surface area contributed by atoms with Crippen LogP contribution in [0, 0.1) is 0 Å². The standard InChI is InChI=1S/C12H18N4O/c1-16-3-2-11(7-16)15-12(17)8-4-9(13)6-10(14)5-8/h4-6,11H,2-3,7,13-14H2,1H3,(H,15,17). The predicted molar refractivity (Wildman–Crippen MR) is 68.6 cm³/mol. The van der Waals surface area contributed by atoms with Crippen molar-refractivity contribution in [2.75, 3.05) is 31.6 Å². The molecule has 5 heteroatoms. The van der Waals surface area contributed by atoms with Crippen LogP contribution in [0.2, 0.25) is 0 Å². The van der Waals surface area contributed by atoms with Crippen LogP contribution in [0.25, 0.3) is 0 Å². The number of likely N-dealkylation sites (N-methyl/N-ethyl adjacent to an activating group) is 1. The highest BCUT2D eigenvalue weighted by atomic mass is 16.1. The molecular formula is C12H18N4O. The van der Waals surface area contributed by atoms with Gasteiger partial charge in [0.15, 0.2) is 0 Å². The largest absolute Gasteiger partial charge is 0.399 e. The van der Waals surface area contributed by atoms with Crippen molar-refractivity contribution in [2.24, 2.45) is 0 Å². The Hall–Kier alpha value is -1.75. The zero-order chi connectivity index (χ0) is 12.4. The Morgan fingerprint density at radius 2 is 2.00 bits per heavy atom. The molecule has 0 saturated carbocycles. The Bertz CT molecular complexity index is 412. The second-order valence-electron chi connectivity index (χ2n) is 4.61. The number of amides is 1. The fourth-order valence-electron chi connectivity index (χ4n) is 2.13. The zero-order valence-corrected chi connectivity index (χ0v) is 9.94. The van der Waals surface area contributed by atoms with E-state index in [2.05, 4.69) is 10.2 Å². The summed E-state index contributed by atoms with van der Waals surface area (Å²) in [6.45, 7) is 1.91. The summed E-state index contributed by atoms with van der Waals surface area (Å²) in [7, 11) is 2.05. The highest BCUT2D eigenvalue weighted by Gasteiger charge is 2.21. The molecule has 1 aliphatic rings. The normalized spacial score (nSPS) is 20.4. The lowest BCUT2D eigenvalue weighted by atomic mass is 10.1. The molecule has 0 aliphatic carbocycles. The molecule has 0 bridgehead atoms. The van der Waals surface area contributed by atoms with E-state index in [9.17, 15) is 4.79 Å². The van der Waals surface area contributed by atoms with Crippen LogP contribution in [-0.4, -0.2) is 37.0 Å². The predicted octanol–water partition coefficient (Wildman–Crippen LogP) is 0.285. The fourth-order valence-corrected chi connectivity index (χ4v) is 2.13. The van der Waals surface area contributed by atoms with Crippen molar-refractivity contribution in [3.8, 4) is 0 Å². The molecule has 5 N–H and O–H groups in total. The average Bonchev–Trinajstić information content (AvgIpc) is 2.62. The average molecular weight is 234 g/mol. The number of nitrogen functional groups attached to an aromatic ring is 2. The third kappa shape index (κ3) is 2.88. The van der Waals surface area contributed by atoms with E-state index in [0.29, 0.717) is 16.9 Å². The van der Waals surface area contributed by atoms with Crippen molar-refractivity contribution in [1.29, 1.82) is 0 Å². The number of nitrogens with zero attached hydrogens (tertiary/aromatic N) is 1. The zero-order valence-electron chi connectivity index (χ0n) is 9.94. The molecule has 92 valence electrons. The molecule has 0 spiro atoms. The third-order valence-electron chi connectivity index (χ3n) is 2.97. The lowest BCUT2D eigenvalue weighted by molar-refractivity contribution is 0.0938. The monoisotopic (exact) mass is 234 g/mol. The molecule has 2 rings (SSSR count). The fraction of sp³-hybridized carbons (Fsp3) is 0.417. The topological polar surface area (TPSA) is 84.4 Å². The van der Waals surface area contributed by atoms with Crippen molar-refractivity contribution in [3.63, 3.8) is 0 Å². The molecule has 5 nitrogen and oxygen atoms in total. The maximum Gasteiger partial charge on any atom is 0.251 e.